The fourth-order valence-corrected chi connectivity index (χ4v) is 5.15. The van der Waals surface area contributed by atoms with Crippen LogP contribution in [-0.2, 0) is 4.74 Å². The monoisotopic (exact) mass is 366 g/mol. The lowest BCUT2D eigenvalue weighted by atomic mass is 9.68. The highest BCUT2D eigenvalue weighted by molar-refractivity contribution is 6.30. The SMILES string of the molecule is CCOCC[C@H]1CC[C@H]([C@H]2CC[C@H](c3ccc(Cl)c(F)c3)CC2)CC1. The molecule has 0 heterocycles. The molecule has 3 rings (SSSR count). The second kappa shape index (κ2) is 9.37. The molecule has 0 bridgehead atoms. The Balaban J connectivity index is 1.43. The molecule has 0 aliphatic heterocycles. The average Bonchev–Trinajstić information content (AvgIpc) is 2.65. The number of ether oxygens (including phenoxy) is 1. The van der Waals surface area contributed by atoms with E-state index >= 15 is 0 Å². The molecule has 2 saturated carbocycles. The summed E-state index contributed by atoms with van der Waals surface area (Å²) in [5.41, 5.74) is 1.14. The van der Waals surface area contributed by atoms with Gasteiger partial charge in [-0.05, 0) is 93.2 Å². The normalized spacial score (nSPS) is 30.4. The summed E-state index contributed by atoms with van der Waals surface area (Å²) in [5.74, 6) is 2.95. The van der Waals surface area contributed by atoms with Gasteiger partial charge in [0.25, 0.3) is 0 Å². The van der Waals surface area contributed by atoms with E-state index in [-0.39, 0.29) is 10.8 Å². The van der Waals surface area contributed by atoms with E-state index in [1.807, 2.05) is 6.07 Å². The minimum absolute atomic E-state index is 0.235. The van der Waals surface area contributed by atoms with Gasteiger partial charge in [0.15, 0.2) is 0 Å². The van der Waals surface area contributed by atoms with Crippen LogP contribution in [-0.4, -0.2) is 13.2 Å². The smallest absolute Gasteiger partial charge is 0.142 e. The van der Waals surface area contributed by atoms with Gasteiger partial charge in [-0.2, -0.15) is 0 Å². The van der Waals surface area contributed by atoms with Gasteiger partial charge < -0.3 is 4.74 Å². The van der Waals surface area contributed by atoms with Crippen molar-refractivity contribution in [1.29, 1.82) is 0 Å². The van der Waals surface area contributed by atoms with E-state index in [0.717, 1.165) is 36.5 Å². The van der Waals surface area contributed by atoms with Crippen LogP contribution in [0.5, 0.6) is 0 Å². The highest BCUT2D eigenvalue weighted by Gasteiger charge is 2.31. The van der Waals surface area contributed by atoms with Crippen LogP contribution in [0.15, 0.2) is 18.2 Å². The Hall–Kier alpha value is -0.600. The third kappa shape index (κ3) is 5.20. The lowest BCUT2D eigenvalue weighted by Gasteiger charge is -2.38. The van der Waals surface area contributed by atoms with Crippen molar-refractivity contribution in [2.75, 3.05) is 13.2 Å². The highest BCUT2D eigenvalue weighted by atomic mass is 35.5. The van der Waals surface area contributed by atoms with E-state index in [1.54, 1.807) is 12.1 Å². The van der Waals surface area contributed by atoms with Crippen LogP contribution in [0.2, 0.25) is 5.02 Å². The second-order valence-corrected chi connectivity index (χ2v) is 8.46. The molecule has 0 radical (unpaired) electrons. The molecule has 0 N–H and O–H groups in total. The summed E-state index contributed by atoms with van der Waals surface area (Å²) in [7, 11) is 0. The van der Waals surface area contributed by atoms with Gasteiger partial charge in [0.2, 0.25) is 0 Å². The van der Waals surface area contributed by atoms with Crippen LogP contribution < -0.4 is 0 Å². The number of halogens is 2. The summed E-state index contributed by atoms with van der Waals surface area (Å²) in [4.78, 5) is 0. The molecule has 0 aromatic heterocycles. The first kappa shape index (κ1) is 19.2. The van der Waals surface area contributed by atoms with Gasteiger partial charge in [0, 0.05) is 13.2 Å². The molecule has 140 valence electrons. The Morgan fingerprint density at radius 3 is 2.24 bits per heavy atom. The van der Waals surface area contributed by atoms with Gasteiger partial charge >= 0.3 is 0 Å². The maximum Gasteiger partial charge on any atom is 0.142 e. The van der Waals surface area contributed by atoms with Crippen LogP contribution in [0.3, 0.4) is 0 Å². The van der Waals surface area contributed by atoms with Crippen molar-refractivity contribution in [2.24, 2.45) is 17.8 Å². The van der Waals surface area contributed by atoms with Gasteiger partial charge in [-0.15, -0.1) is 0 Å². The molecule has 0 spiro atoms. The van der Waals surface area contributed by atoms with Gasteiger partial charge in [0.05, 0.1) is 5.02 Å². The summed E-state index contributed by atoms with van der Waals surface area (Å²) >= 11 is 5.81. The second-order valence-electron chi connectivity index (χ2n) is 8.05. The van der Waals surface area contributed by atoms with E-state index in [4.69, 9.17) is 16.3 Å². The van der Waals surface area contributed by atoms with E-state index in [0.29, 0.717) is 5.92 Å². The molecule has 3 heteroatoms. The number of benzene rings is 1. The molecule has 25 heavy (non-hydrogen) atoms. The summed E-state index contributed by atoms with van der Waals surface area (Å²) in [6, 6.07) is 5.37. The standard InChI is InChI=1S/C22H32ClFO/c1-2-25-14-13-16-3-5-17(6-4-16)18-7-9-19(10-8-18)20-11-12-21(23)22(24)15-20/h11-12,15-19H,2-10,13-14H2,1H3/t16-,17-,18-,19-. The molecule has 0 amide bonds. The number of hydrogen-bond acceptors (Lipinski definition) is 1. The minimum atomic E-state index is -0.272. The van der Waals surface area contributed by atoms with Crippen molar-refractivity contribution < 1.29 is 9.13 Å². The molecule has 2 aliphatic carbocycles. The van der Waals surface area contributed by atoms with Gasteiger partial charge in [-0.1, -0.05) is 30.5 Å². The summed E-state index contributed by atoms with van der Waals surface area (Å²) < 4.78 is 19.2. The Labute approximate surface area is 157 Å². The zero-order chi connectivity index (χ0) is 17.6. The highest BCUT2D eigenvalue weighted by Crippen LogP contribution is 2.44. The minimum Gasteiger partial charge on any atom is -0.382 e. The summed E-state index contributed by atoms with van der Waals surface area (Å²) in [6.07, 6.45) is 11.9. The topological polar surface area (TPSA) is 9.23 Å². The lowest BCUT2D eigenvalue weighted by molar-refractivity contribution is 0.107. The zero-order valence-electron chi connectivity index (χ0n) is 15.5. The number of rotatable bonds is 6. The number of hydrogen-bond donors (Lipinski definition) is 0. The van der Waals surface area contributed by atoms with E-state index in [9.17, 15) is 4.39 Å². The van der Waals surface area contributed by atoms with Gasteiger partial charge in [-0.3, -0.25) is 0 Å². The third-order valence-electron chi connectivity index (χ3n) is 6.62. The first-order valence-corrected chi connectivity index (χ1v) is 10.6. The van der Waals surface area contributed by atoms with Crippen LogP contribution in [0.25, 0.3) is 0 Å². The third-order valence-corrected chi connectivity index (χ3v) is 6.93. The van der Waals surface area contributed by atoms with Gasteiger partial charge in [0.1, 0.15) is 5.82 Å². The first-order chi connectivity index (χ1) is 12.2. The van der Waals surface area contributed by atoms with Crippen molar-refractivity contribution in [3.63, 3.8) is 0 Å². The van der Waals surface area contributed by atoms with Crippen molar-refractivity contribution >= 4 is 11.6 Å². The lowest BCUT2D eigenvalue weighted by Crippen LogP contribution is -2.25. The molecule has 2 aliphatic rings. The molecule has 0 atom stereocenters. The Morgan fingerprint density at radius 1 is 1.00 bits per heavy atom. The zero-order valence-corrected chi connectivity index (χ0v) is 16.2. The average molecular weight is 367 g/mol. The fourth-order valence-electron chi connectivity index (χ4n) is 5.03. The van der Waals surface area contributed by atoms with E-state index in [1.165, 1.54) is 57.8 Å². The van der Waals surface area contributed by atoms with Crippen molar-refractivity contribution in [3.8, 4) is 0 Å². The molecule has 0 unspecified atom stereocenters. The van der Waals surface area contributed by atoms with E-state index < -0.39 is 0 Å². The maximum absolute atomic E-state index is 13.7. The van der Waals surface area contributed by atoms with Crippen molar-refractivity contribution in [2.45, 2.75) is 70.6 Å². The molecule has 2 fully saturated rings. The Bertz CT molecular complexity index is 531. The van der Waals surface area contributed by atoms with Crippen LogP contribution in [0.4, 0.5) is 4.39 Å². The quantitative estimate of drug-likeness (QED) is 0.493. The predicted octanol–water partition coefficient (Wildman–Crippen LogP) is 6.99. The van der Waals surface area contributed by atoms with Crippen LogP contribution >= 0.6 is 11.6 Å². The summed E-state index contributed by atoms with van der Waals surface area (Å²) in [5, 5.41) is 0.235. The molecular weight excluding hydrogens is 335 g/mol. The molecule has 1 aromatic rings. The molecular formula is C22H32ClFO. The van der Waals surface area contributed by atoms with Crippen molar-refractivity contribution in [1.82, 2.24) is 0 Å². The Morgan fingerprint density at radius 2 is 1.64 bits per heavy atom. The molecule has 1 aromatic carbocycles. The first-order valence-electron chi connectivity index (χ1n) is 10.2. The van der Waals surface area contributed by atoms with Crippen molar-refractivity contribution in [3.05, 3.63) is 34.6 Å². The predicted molar refractivity (Wildman–Crippen MR) is 103 cm³/mol. The maximum atomic E-state index is 13.7. The molecule has 1 nitrogen and oxygen atoms in total. The fraction of sp³-hybridized carbons (Fsp3) is 0.727. The Kier molecular flexibility index (Phi) is 7.18. The van der Waals surface area contributed by atoms with E-state index in [2.05, 4.69) is 6.92 Å². The molecule has 0 saturated heterocycles. The van der Waals surface area contributed by atoms with Gasteiger partial charge in [-0.25, -0.2) is 4.39 Å². The van der Waals surface area contributed by atoms with Crippen LogP contribution in [0.1, 0.15) is 76.2 Å². The summed E-state index contributed by atoms with van der Waals surface area (Å²) in [6.45, 7) is 3.86. The van der Waals surface area contributed by atoms with Crippen LogP contribution in [0, 0.1) is 23.6 Å². The largest absolute Gasteiger partial charge is 0.382 e.